The maximum absolute atomic E-state index is 11.9. The lowest BCUT2D eigenvalue weighted by Gasteiger charge is -2.21. The van der Waals surface area contributed by atoms with Gasteiger partial charge >= 0.3 is 0 Å². The number of rotatable bonds is 9. The number of hydrogen-bond acceptors (Lipinski definition) is 5. The molecule has 1 aromatic carbocycles. The highest BCUT2D eigenvalue weighted by molar-refractivity contribution is 7.09. The smallest absolute Gasteiger partial charge is 0.258 e. The number of ether oxygens (including phenoxy) is 2. The predicted octanol–water partition coefficient (Wildman–Crippen LogP) is 0.734. The molecule has 1 heterocycles. The van der Waals surface area contributed by atoms with E-state index in [0.717, 1.165) is 18.7 Å². The third-order valence-electron chi connectivity index (χ3n) is 3.39. The van der Waals surface area contributed by atoms with Gasteiger partial charge in [0.05, 0.1) is 6.61 Å². The van der Waals surface area contributed by atoms with Crippen LogP contribution in [0.25, 0.3) is 0 Å². The molecular formula is C20H28ClN2O3S-. The molecule has 0 fully saturated rings. The zero-order valence-electron chi connectivity index (χ0n) is 16.3. The molecule has 2 aromatic rings. The molecule has 0 spiro atoms. The molecule has 0 aliphatic heterocycles. The van der Waals surface area contributed by atoms with Crippen molar-refractivity contribution in [3.63, 3.8) is 0 Å². The number of thiophene rings is 1. The van der Waals surface area contributed by atoms with Crippen molar-refractivity contribution in [3.8, 4) is 11.5 Å². The van der Waals surface area contributed by atoms with Crippen LogP contribution in [0.1, 0.15) is 38.1 Å². The zero-order valence-corrected chi connectivity index (χ0v) is 17.9. The van der Waals surface area contributed by atoms with Gasteiger partial charge in [-0.2, -0.15) is 0 Å². The van der Waals surface area contributed by atoms with Crippen molar-refractivity contribution in [1.82, 2.24) is 10.6 Å². The molecule has 27 heavy (non-hydrogen) atoms. The number of benzene rings is 1. The molecule has 0 unspecified atom stereocenters. The van der Waals surface area contributed by atoms with Crippen molar-refractivity contribution in [2.75, 3.05) is 13.2 Å². The lowest BCUT2D eigenvalue weighted by molar-refractivity contribution is -0.124. The number of amides is 1. The highest BCUT2D eigenvalue weighted by Gasteiger charge is 2.15. The Kier molecular flexibility index (Phi) is 9.63. The van der Waals surface area contributed by atoms with E-state index in [4.69, 9.17) is 9.47 Å². The average Bonchev–Trinajstić information content (AvgIpc) is 3.06. The molecular weight excluding hydrogens is 384 g/mol. The second-order valence-corrected chi connectivity index (χ2v) is 8.02. The van der Waals surface area contributed by atoms with Crippen LogP contribution < -0.4 is 32.5 Å². The first-order valence-corrected chi connectivity index (χ1v) is 9.68. The number of carbonyl (C=O) groups is 1. The molecule has 0 bridgehead atoms. The van der Waals surface area contributed by atoms with Crippen LogP contribution in [0.2, 0.25) is 0 Å². The Labute approximate surface area is 171 Å². The lowest BCUT2D eigenvalue weighted by atomic mass is 10.1. The summed E-state index contributed by atoms with van der Waals surface area (Å²) in [7, 11) is 0. The van der Waals surface area contributed by atoms with Gasteiger partial charge in [0.15, 0.2) is 18.1 Å². The van der Waals surface area contributed by atoms with Crippen LogP contribution in [0.5, 0.6) is 11.5 Å². The van der Waals surface area contributed by atoms with E-state index in [1.807, 2.05) is 45.9 Å². The first-order valence-electron chi connectivity index (χ1n) is 8.80. The van der Waals surface area contributed by atoms with E-state index in [2.05, 4.69) is 28.1 Å². The van der Waals surface area contributed by atoms with Gasteiger partial charge in [-0.1, -0.05) is 12.1 Å². The summed E-state index contributed by atoms with van der Waals surface area (Å²) < 4.78 is 11.3. The molecule has 1 aromatic heterocycles. The summed E-state index contributed by atoms with van der Waals surface area (Å²) in [5.41, 5.74) is 0.831. The molecule has 150 valence electrons. The fraction of sp³-hybridized carbons (Fsp3) is 0.450. The molecule has 0 radical (unpaired) electrons. The molecule has 0 aliphatic rings. The Bertz CT molecular complexity index is 700. The summed E-state index contributed by atoms with van der Waals surface area (Å²) in [6.07, 6.45) is 0. The van der Waals surface area contributed by atoms with Crippen molar-refractivity contribution >= 4 is 17.2 Å². The second-order valence-electron chi connectivity index (χ2n) is 6.98. The van der Waals surface area contributed by atoms with Crippen molar-refractivity contribution < 1.29 is 26.7 Å². The van der Waals surface area contributed by atoms with Crippen molar-refractivity contribution in [1.29, 1.82) is 0 Å². The van der Waals surface area contributed by atoms with Crippen LogP contribution in [0.15, 0.2) is 35.7 Å². The zero-order chi connectivity index (χ0) is 19.0. The van der Waals surface area contributed by atoms with Crippen LogP contribution in [-0.4, -0.2) is 24.7 Å². The lowest BCUT2D eigenvalue weighted by Crippen LogP contribution is -3.00. The predicted molar refractivity (Wildman–Crippen MR) is 106 cm³/mol. The normalized spacial score (nSPS) is 10.8. The molecule has 0 saturated carbocycles. The van der Waals surface area contributed by atoms with Crippen molar-refractivity contribution in [2.24, 2.45) is 0 Å². The summed E-state index contributed by atoms with van der Waals surface area (Å²) in [6.45, 7) is 9.83. The second kappa shape index (κ2) is 11.2. The first-order chi connectivity index (χ1) is 12.4. The van der Waals surface area contributed by atoms with Crippen LogP contribution in [-0.2, 0) is 17.9 Å². The summed E-state index contributed by atoms with van der Waals surface area (Å²) in [5.74, 6) is 1.09. The van der Waals surface area contributed by atoms with E-state index in [-0.39, 0.29) is 30.5 Å². The topological polar surface area (TPSA) is 59.6 Å². The summed E-state index contributed by atoms with van der Waals surface area (Å²) >= 11 is 1.74. The van der Waals surface area contributed by atoms with Gasteiger partial charge in [0.2, 0.25) is 0 Å². The number of halogens is 1. The van der Waals surface area contributed by atoms with E-state index in [1.165, 1.54) is 4.88 Å². The van der Waals surface area contributed by atoms with Gasteiger partial charge in [-0.25, -0.2) is 0 Å². The Morgan fingerprint density at radius 2 is 1.89 bits per heavy atom. The molecule has 0 atom stereocenters. The molecule has 1 amide bonds. The number of hydrogen-bond donors (Lipinski definition) is 2. The Hall–Kier alpha value is -1.76. The van der Waals surface area contributed by atoms with E-state index < -0.39 is 0 Å². The third-order valence-corrected chi connectivity index (χ3v) is 4.27. The van der Waals surface area contributed by atoms with Crippen LogP contribution in [0, 0.1) is 0 Å². The molecule has 2 N–H and O–H groups in total. The van der Waals surface area contributed by atoms with Crippen LogP contribution in [0.4, 0.5) is 0 Å². The average molecular weight is 412 g/mol. The summed E-state index contributed by atoms with van der Waals surface area (Å²) in [5, 5.41) is 8.37. The van der Waals surface area contributed by atoms with Gasteiger partial charge in [0.25, 0.3) is 5.91 Å². The van der Waals surface area contributed by atoms with Crippen molar-refractivity contribution in [2.45, 2.75) is 46.3 Å². The van der Waals surface area contributed by atoms with Gasteiger partial charge in [0, 0.05) is 23.5 Å². The Morgan fingerprint density at radius 1 is 1.11 bits per heavy atom. The highest BCUT2D eigenvalue weighted by Crippen LogP contribution is 2.28. The van der Waals surface area contributed by atoms with Gasteiger partial charge in [-0.3, -0.25) is 4.79 Å². The number of nitrogens with one attached hydrogen (secondary N) is 2. The van der Waals surface area contributed by atoms with Gasteiger partial charge in [0.1, 0.15) is 0 Å². The minimum atomic E-state index is -0.277. The standard InChI is InChI=1S/C20H28N2O3S.ClH/c1-5-24-18-11-15(12-21-13-16-7-6-10-26-16)8-9-17(18)25-14-19(23)22-20(2,3)4;/h6-11,21H,5,12-14H2,1-4H3,(H,22,23);1H/p-1. The quantitative estimate of drug-likeness (QED) is 0.638. The molecule has 0 aliphatic carbocycles. The fourth-order valence-corrected chi connectivity index (χ4v) is 3.07. The van der Waals surface area contributed by atoms with E-state index in [1.54, 1.807) is 11.3 Å². The minimum absolute atomic E-state index is 0. The molecule has 7 heteroatoms. The van der Waals surface area contributed by atoms with Gasteiger partial charge < -0.3 is 32.5 Å². The largest absolute Gasteiger partial charge is 1.00 e. The number of carbonyl (C=O) groups excluding carboxylic acids is 1. The molecule has 2 rings (SSSR count). The highest BCUT2D eigenvalue weighted by atomic mass is 35.5. The third kappa shape index (κ3) is 8.65. The van der Waals surface area contributed by atoms with E-state index >= 15 is 0 Å². The van der Waals surface area contributed by atoms with Crippen LogP contribution >= 0.6 is 11.3 Å². The summed E-state index contributed by atoms with van der Waals surface area (Å²) in [4.78, 5) is 13.2. The minimum Gasteiger partial charge on any atom is -1.00 e. The van der Waals surface area contributed by atoms with Gasteiger partial charge in [-0.05, 0) is 56.8 Å². The molecule has 0 saturated heterocycles. The first kappa shape index (κ1) is 23.3. The maximum atomic E-state index is 11.9. The maximum Gasteiger partial charge on any atom is 0.258 e. The van der Waals surface area contributed by atoms with Gasteiger partial charge in [-0.15, -0.1) is 11.3 Å². The summed E-state index contributed by atoms with van der Waals surface area (Å²) in [6, 6.07) is 9.97. The van der Waals surface area contributed by atoms with E-state index in [0.29, 0.717) is 18.1 Å². The SMILES string of the molecule is CCOc1cc(CNCc2cccs2)ccc1OCC(=O)NC(C)(C)C.[Cl-]. The monoisotopic (exact) mass is 411 g/mol. The van der Waals surface area contributed by atoms with Crippen molar-refractivity contribution in [3.05, 3.63) is 46.2 Å². The Morgan fingerprint density at radius 3 is 2.52 bits per heavy atom. The fourth-order valence-electron chi connectivity index (χ4n) is 2.39. The molecule has 5 nitrogen and oxygen atoms in total. The van der Waals surface area contributed by atoms with Crippen LogP contribution in [0.3, 0.4) is 0 Å². The van der Waals surface area contributed by atoms with E-state index in [9.17, 15) is 4.79 Å². The Balaban J connectivity index is 0.00000364.